The van der Waals surface area contributed by atoms with E-state index in [-0.39, 0.29) is 30.7 Å². The number of rotatable bonds is 6. The number of benzene rings is 1. The average molecular weight is 360 g/mol. The zero-order valence-electron chi connectivity index (χ0n) is 13.4. The molecule has 0 saturated carbocycles. The molecule has 1 amide bonds. The van der Waals surface area contributed by atoms with Crippen LogP contribution in [0.5, 0.6) is 5.75 Å². The number of likely N-dealkylation sites (tertiary alicyclic amines) is 1. The molecular weight excluding hydrogens is 341 g/mol. The van der Waals surface area contributed by atoms with Crippen LogP contribution in [0.4, 0.5) is 13.2 Å². The molecule has 1 aromatic carbocycles. The van der Waals surface area contributed by atoms with E-state index >= 15 is 0 Å². The maximum absolute atomic E-state index is 12.1. The van der Waals surface area contributed by atoms with Gasteiger partial charge in [0.2, 0.25) is 5.91 Å². The van der Waals surface area contributed by atoms with Crippen molar-refractivity contribution in [2.75, 3.05) is 19.6 Å². The van der Waals surface area contributed by atoms with Gasteiger partial charge in [0.15, 0.2) is 0 Å². The number of carboxylic acid groups (broad SMARTS) is 1. The number of carbonyl (C=O) groups is 2. The highest BCUT2D eigenvalue weighted by Crippen LogP contribution is 2.22. The van der Waals surface area contributed by atoms with Crippen LogP contribution >= 0.6 is 0 Å². The zero-order valence-corrected chi connectivity index (χ0v) is 13.4. The number of alkyl halides is 3. The summed E-state index contributed by atoms with van der Waals surface area (Å²) in [6.45, 7) is 1.46. The summed E-state index contributed by atoms with van der Waals surface area (Å²) in [6, 6.07) is 5.26. The quantitative estimate of drug-likeness (QED) is 0.811. The SMILES string of the molecule is O=C(CN1CCC(C(=O)O)CC1)NCc1ccc(OC(F)(F)F)cc1. The maximum Gasteiger partial charge on any atom is 0.573 e. The fourth-order valence-electron chi connectivity index (χ4n) is 2.61. The second kappa shape index (κ2) is 8.19. The number of carbonyl (C=O) groups excluding carboxylic acids is 1. The van der Waals surface area contributed by atoms with Gasteiger partial charge in [-0.2, -0.15) is 0 Å². The van der Waals surface area contributed by atoms with Gasteiger partial charge in [-0.3, -0.25) is 14.5 Å². The molecule has 0 spiro atoms. The van der Waals surface area contributed by atoms with E-state index in [0.717, 1.165) is 0 Å². The molecule has 0 aliphatic carbocycles. The predicted molar refractivity (Wildman–Crippen MR) is 81.8 cm³/mol. The number of hydrogen-bond acceptors (Lipinski definition) is 4. The van der Waals surface area contributed by atoms with Crippen molar-refractivity contribution in [3.8, 4) is 5.75 Å². The van der Waals surface area contributed by atoms with Crippen LogP contribution in [0.2, 0.25) is 0 Å². The van der Waals surface area contributed by atoms with E-state index in [2.05, 4.69) is 10.1 Å². The van der Waals surface area contributed by atoms with Crippen LogP contribution in [0.1, 0.15) is 18.4 Å². The number of hydrogen-bond donors (Lipinski definition) is 2. The van der Waals surface area contributed by atoms with Gasteiger partial charge in [0, 0.05) is 6.54 Å². The summed E-state index contributed by atoms with van der Waals surface area (Å²) in [6.07, 6.45) is -3.70. The van der Waals surface area contributed by atoms with Gasteiger partial charge in [0.25, 0.3) is 0 Å². The number of halogens is 3. The van der Waals surface area contributed by atoms with Gasteiger partial charge in [-0.05, 0) is 43.6 Å². The summed E-state index contributed by atoms with van der Waals surface area (Å²) in [5, 5.41) is 11.6. The van der Waals surface area contributed by atoms with Crippen molar-refractivity contribution >= 4 is 11.9 Å². The van der Waals surface area contributed by atoms with Gasteiger partial charge >= 0.3 is 12.3 Å². The molecule has 25 heavy (non-hydrogen) atoms. The lowest BCUT2D eigenvalue weighted by atomic mass is 9.97. The van der Waals surface area contributed by atoms with E-state index in [1.807, 2.05) is 4.90 Å². The average Bonchev–Trinajstić information content (AvgIpc) is 2.53. The molecule has 1 saturated heterocycles. The highest BCUT2D eigenvalue weighted by Gasteiger charge is 2.31. The molecule has 0 aromatic heterocycles. The lowest BCUT2D eigenvalue weighted by Crippen LogP contribution is -2.42. The normalized spacial score (nSPS) is 16.4. The topological polar surface area (TPSA) is 78.9 Å². The summed E-state index contributed by atoms with van der Waals surface area (Å²) in [4.78, 5) is 24.7. The number of nitrogens with zero attached hydrogens (tertiary/aromatic N) is 1. The molecule has 1 aliphatic heterocycles. The Morgan fingerprint density at radius 2 is 1.80 bits per heavy atom. The van der Waals surface area contributed by atoms with Gasteiger partial charge in [0.05, 0.1) is 12.5 Å². The smallest absolute Gasteiger partial charge is 0.481 e. The highest BCUT2D eigenvalue weighted by atomic mass is 19.4. The Bertz CT molecular complexity index is 596. The van der Waals surface area contributed by atoms with Gasteiger partial charge < -0.3 is 15.2 Å². The zero-order chi connectivity index (χ0) is 18.4. The van der Waals surface area contributed by atoms with Crippen LogP contribution in [0.25, 0.3) is 0 Å². The Hall–Kier alpha value is -2.29. The van der Waals surface area contributed by atoms with E-state index in [1.54, 1.807) is 0 Å². The molecule has 1 aliphatic rings. The predicted octanol–water partition coefficient (Wildman–Crippen LogP) is 2.00. The first kappa shape index (κ1) is 19.0. The highest BCUT2D eigenvalue weighted by molar-refractivity contribution is 5.78. The summed E-state index contributed by atoms with van der Waals surface area (Å²) in [5.74, 6) is -1.69. The molecule has 0 radical (unpaired) electrons. The van der Waals surface area contributed by atoms with Crippen molar-refractivity contribution in [2.24, 2.45) is 5.92 Å². The molecule has 9 heteroatoms. The fourth-order valence-corrected chi connectivity index (χ4v) is 2.61. The molecule has 1 heterocycles. The van der Waals surface area contributed by atoms with Crippen LogP contribution in [0.3, 0.4) is 0 Å². The van der Waals surface area contributed by atoms with Crippen molar-refractivity contribution in [2.45, 2.75) is 25.7 Å². The minimum absolute atomic E-state index is 0.168. The van der Waals surface area contributed by atoms with E-state index in [0.29, 0.717) is 31.5 Å². The first-order valence-corrected chi connectivity index (χ1v) is 7.79. The number of carboxylic acids is 1. The lowest BCUT2D eigenvalue weighted by molar-refractivity contribution is -0.274. The van der Waals surface area contributed by atoms with Gasteiger partial charge in [-0.15, -0.1) is 13.2 Å². The standard InChI is InChI=1S/C16H19F3N2O4/c17-16(18,19)25-13-3-1-11(2-4-13)9-20-14(22)10-21-7-5-12(6-8-21)15(23)24/h1-4,12H,5-10H2,(H,20,22)(H,23,24). The second-order valence-corrected chi connectivity index (χ2v) is 5.86. The van der Waals surface area contributed by atoms with E-state index in [1.165, 1.54) is 24.3 Å². The molecule has 138 valence electrons. The molecule has 1 fully saturated rings. The number of aliphatic carboxylic acids is 1. The first-order valence-electron chi connectivity index (χ1n) is 7.79. The van der Waals surface area contributed by atoms with Crippen LogP contribution in [0, 0.1) is 5.92 Å². The van der Waals surface area contributed by atoms with Crippen molar-refractivity contribution in [1.29, 1.82) is 0 Å². The summed E-state index contributed by atoms with van der Waals surface area (Å²) in [5.41, 5.74) is 0.646. The molecular formula is C16H19F3N2O4. The summed E-state index contributed by atoms with van der Waals surface area (Å²) >= 11 is 0. The van der Waals surface area contributed by atoms with Crippen LogP contribution in [-0.2, 0) is 16.1 Å². The Morgan fingerprint density at radius 3 is 2.32 bits per heavy atom. The lowest BCUT2D eigenvalue weighted by Gasteiger charge is -2.29. The third kappa shape index (κ3) is 6.61. The van der Waals surface area contributed by atoms with Gasteiger partial charge in [-0.1, -0.05) is 12.1 Å². The molecule has 6 nitrogen and oxygen atoms in total. The minimum atomic E-state index is -4.73. The Labute approximate surface area is 142 Å². The Kier molecular flexibility index (Phi) is 6.24. The van der Waals surface area contributed by atoms with Crippen molar-refractivity contribution in [1.82, 2.24) is 10.2 Å². The number of ether oxygens (including phenoxy) is 1. The number of nitrogens with one attached hydrogen (secondary N) is 1. The van der Waals surface area contributed by atoms with Crippen molar-refractivity contribution < 1.29 is 32.6 Å². The van der Waals surface area contributed by atoms with E-state index < -0.39 is 12.3 Å². The molecule has 2 rings (SSSR count). The first-order chi connectivity index (χ1) is 11.7. The third-order valence-corrected chi connectivity index (χ3v) is 3.95. The Morgan fingerprint density at radius 1 is 1.20 bits per heavy atom. The molecule has 0 unspecified atom stereocenters. The second-order valence-electron chi connectivity index (χ2n) is 5.86. The van der Waals surface area contributed by atoms with Gasteiger partial charge in [0.1, 0.15) is 5.75 Å². The van der Waals surface area contributed by atoms with Crippen molar-refractivity contribution in [3.63, 3.8) is 0 Å². The van der Waals surface area contributed by atoms with E-state index in [9.17, 15) is 22.8 Å². The van der Waals surface area contributed by atoms with Crippen LogP contribution < -0.4 is 10.1 Å². The molecule has 0 atom stereocenters. The number of amides is 1. The maximum atomic E-state index is 12.1. The number of piperidine rings is 1. The third-order valence-electron chi connectivity index (χ3n) is 3.95. The monoisotopic (exact) mass is 360 g/mol. The summed E-state index contributed by atoms with van der Waals surface area (Å²) in [7, 11) is 0. The summed E-state index contributed by atoms with van der Waals surface area (Å²) < 4.78 is 40.0. The van der Waals surface area contributed by atoms with Crippen LogP contribution in [-0.4, -0.2) is 47.9 Å². The molecule has 0 bridgehead atoms. The largest absolute Gasteiger partial charge is 0.573 e. The van der Waals surface area contributed by atoms with Crippen molar-refractivity contribution in [3.05, 3.63) is 29.8 Å². The fraction of sp³-hybridized carbons (Fsp3) is 0.500. The Balaban J connectivity index is 1.72. The van der Waals surface area contributed by atoms with Gasteiger partial charge in [-0.25, -0.2) is 0 Å². The van der Waals surface area contributed by atoms with E-state index in [4.69, 9.17) is 5.11 Å². The minimum Gasteiger partial charge on any atom is -0.481 e. The molecule has 1 aromatic rings. The van der Waals surface area contributed by atoms with Crippen LogP contribution in [0.15, 0.2) is 24.3 Å². The molecule has 2 N–H and O–H groups in total.